The Labute approximate surface area is 115 Å². The van der Waals surface area contributed by atoms with Gasteiger partial charge in [-0.2, -0.15) is 4.31 Å². The standard InChI is InChI=1S/C12H22N4O2S/c1-10(2)15-7-8-16(11(3)9-15)19(17,18)12-13-5-6-14(12)4/h5-6,10-11H,7-9H2,1-4H3/t11-/m1/s1. The number of hydrogen-bond donors (Lipinski definition) is 0. The average Bonchev–Trinajstić information content (AvgIpc) is 2.75. The van der Waals surface area contributed by atoms with Crippen LogP contribution in [0.15, 0.2) is 17.6 Å². The van der Waals surface area contributed by atoms with E-state index in [2.05, 4.69) is 23.7 Å². The van der Waals surface area contributed by atoms with Crippen LogP contribution in [-0.4, -0.2) is 58.9 Å². The van der Waals surface area contributed by atoms with Gasteiger partial charge in [0.2, 0.25) is 5.16 Å². The van der Waals surface area contributed by atoms with Gasteiger partial charge in [0, 0.05) is 51.2 Å². The molecule has 1 aliphatic heterocycles. The maximum absolute atomic E-state index is 12.6. The summed E-state index contributed by atoms with van der Waals surface area (Å²) in [6.07, 6.45) is 3.17. The van der Waals surface area contributed by atoms with Crippen LogP contribution in [-0.2, 0) is 17.1 Å². The van der Waals surface area contributed by atoms with E-state index in [1.807, 2.05) is 6.92 Å². The third-order valence-corrected chi connectivity index (χ3v) is 5.66. The van der Waals surface area contributed by atoms with Gasteiger partial charge in [0.25, 0.3) is 10.0 Å². The molecule has 7 heteroatoms. The maximum Gasteiger partial charge on any atom is 0.277 e. The van der Waals surface area contributed by atoms with Crippen molar-refractivity contribution in [1.29, 1.82) is 0 Å². The Hall–Kier alpha value is -0.920. The number of sulfonamides is 1. The highest BCUT2D eigenvalue weighted by Gasteiger charge is 2.36. The van der Waals surface area contributed by atoms with E-state index >= 15 is 0 Å². The Balaban J connectivity index is 2.22. The van der Waals surface area contributed by atoms with Crippen molar-refractivity contribution in [2.75, 3.05) is 19.6 Å². The highest BCUT2D eigenvalue weighted by Crippen LogP contribution is 2.20. The van der Waals surface area contributed by atoms with Crippen LogP contribution in [0.25, 0.3) is 0 Å². The lowest BCUT2D eigenvalue weighted by Crippen LogP contribution is -2.55. The van der Waals surface area contributed by atoms with Gasteiger partial charge in [0.15, 0.2) is 0 Å². The van der Waals surface area contributed by atoms with E-state index in [0.717, 1.165) is 13.1 Å². The molecule has 6 nitrogen and oxygen atoms in total. The molecule has 0 amide bonds. The van der Waals surface area contributed by atoms with Gasteiger partial charge in [-0.3, -0.25) is 4.90 Å². The first-order valence-corrected chi connectivity index (χ1v) is 8.01. The molecule has 0 radical (unpaired) electrons. The summed E-state index contributed by atoms with van der Waals surface area (Å²) in [5, 5.41) is 0.123. The predicted octanol–water partition coefficient (Wildman–Crippen LogP) is 0.523. The van der Waals surface area contributed by atoms with E-state index in [1.165, 1.54) is 6.20 Å². The summed E-state index contributed by atoms with van der Waals surface area (Å²) in [5.41, 5.74) is 0. The molecule has 19 heavy (non-hydrogen) atoms. The normalized spacial score (nSPS) is 23.1. The average molecular weight is 286 g/mol. The lowest BCUT2D eigenvalue weighted by atomic mass is 10.2. The monoisotopic (exact) mass is 286 g/mol. The molecule has 0 aliphatic carbocycles. The van der Waals surface area contributed by atoms with E-state index < -0.39 is 10.0 Å². The van der Waals surface area contributed by atoms with Crippen molar-refractivity contribution in [2.24, 2.45) is 7.05 Å². The zero-order valence-corrected chi connectivity index (χ0v) is 12.8. The van der Waals surface area contributed by atoms with Gasteiger partial charge in [-0.05, 0) is 20.8 Å². The topological polar surface area (TPSA) is 58.4 Å². The molecule has 0 spiro atoms. The van der Waals surface area contributed by atoms with Gasteiger partial charge in [-0.15, -0.1) is 0 Å². The summed E-state index contributed by atoms with van der Waals surface area (Å²) in [6.45, 7) is 8.28. The van der Waals surface area contributed by atoms with E-state index in [0.29, 0.717) is 12.6 Å². The van der Waals surface area contributed by atoms with Crippen molar-refractivity contribution in [3.63, 3.8) is 0 Å². The highest BCUT2D eigenvalue weighted by atomic mass is 32.2. The molecule has 0 unspecified atom stereocenters. The molecule has 0 bridgehead atoms. The van der Waals surface area contributed by atoms with Crippen LogP contribution >= 0.6 is 0 Å². The Kier molecular flexibility index (Phi) is 3.98. The molecule has 1 aliphatic rings. The molecule has 1 saturated heterocycles. The first-order chi connectivity index (χ1) is 8.84. The molecule has 0 aromatic carbocycles. The summed E-state index contributed by atoms with van der Waals surface area (Å²) in [4.78, 5) is 6.27. The Morgan fingerprint density at radius 1 is 1.37 bits per heavy atom. The SMILES string of the molecule is CC(C)N1CCN(S(=O)(=O)c2nccn2C)[C@H](C)C1. The number of rotatable bonds is 3. The number of piperazine rings is 1. The molecule has 1 aromatic rings. The number of imidazole rings is 1. The Morgan fingerprint density at radius 3 is 2.53 bits per heavy atom. The second-order valence-corrected chi connectivity index (χ2v) is 7.16. The predicted molar refractivity (Wildman–Crippen MR) is 73.3 cm³/mol. The molecule has 108 valence electrons. The molecule has 1 fully saturated rings. The van der Waals surface area contributed by atoms with Crippen molar-refractivity contribution >= 4 is 10.0 Å². The van der Waals surface area contributed by atoms with Crippen molar-refractivity contribution < 1.29 is 8.42 Å². The first kappa shape index (κ1) is 14.5. The van der Waals surface area contributed by atoms with Gasteiger partial charge in [0.05, 0.1) is 0 Å². The molecular weight excluding hydrogens is 264 g/mol. The van der Waals surface area contributed by atoms with Gasteiger partial charge in [-0.25, -0.2) is 13.4 Å². The minimum atomic E-state index is -3.49. The van der Waals surface area contributed by atoms with Crippen molar-refractivity contribution in [3.05, 3.63) is 12.4 Å². The molecule has 1 atom stereocenters. The molecule has 2 rings (SSSR count). The second-order valence-electron chi connectivity index (χ2n) is 5.37. The number of hydrogen-bond acceptors (Lipinski definition) is 4. The van der Waals surface area contributed by atoms with Crippen LogP contribution in [0, 0.1) is 0 Å². The number of nitrogens with zero attached hydrogens (tertiary/aromatic N) is 4. The van der Waals surface area contributed by atoms with Crippen LogP contribution in [0.2, 0.25) is 0 Å². The Morgan fingerprint density at radius 2 is 2.05 bits per heavy atom. The summed E-state index contributed by atoms with van der Waals surface area (Å²) in [7, 11) is -1.79. The van der Waals surface area contributed by atoms with Gasteiger partial charge < -0.3 is 4.57 Å². The van der Waals surface area contributed by atoms with Crippen LogP contribution < -0.4 is 0 Å². The third kappa shape index (κ3) is 2.68. The van der Waals surface area contributed by atoms with E-state index in [1.54, 1.807) is 22.1 Å². The van der Waals surface area contributed by atoms with Gasteiger partial charge in [0.1, 0.15) is 0 Å². The zero-order chi connectivity index (χ0) is 14.2. The third-order valence-electron chi connectivity index (χ3n) is 3.64. The van der Waals surface area contributed by atoms with Crippen LogP contribution in [0.1, 0.15) is 20.8 Å². The maximum atomic E-state index is 12.6. The van der Waals surface area contributed by atoms with E-state index in [4.69, 9.17) is 0 Å². The Bertz CT molecular complexity index is 538. The minimum absolute atomic E-state index is 0.0298. The summed E-state index contributed by atoms with van der Waals surface area (Å²) in [6, 6.07) is 0.415. The fourth-order valence-electron chi connectivity index (χ4n) is 2.50. The first-order valence-electron chi connectivity index (χ1n) is 6.57. The molecule has 1 aromatic heterocycles. The fraction of sp³-hybridized carbons (Fsp3) is 0.750. The van der Waals surface area contributed by atoms with Crippen LogP contribution in [0.5, 0.6) is 0 Å². The van der Waals surface area contributed by atoms with Crippen LogP contribution in [0.4, 0.5) is 0 Å². The lowest BCUT2D eigenvalue weighted by molar-refractivity contribution is 0.116. The minimum Gasteiger partial charge on any atom is -0.324 e. The van der Waals surface area contributed by atoms with Crippen molar-refractivity contribution in [2.45, 2.75) is 38.0 Å². The highest BCUT2D eigenvalue weighted by molar-refractivity contribution is 7.89. The molecule has 0 N–H and O–H groups in total. The fourth-order valence-corrected chi connectivity index (χ4v) is 4.19. The van der Waals surface area contributed by atoms with Crippen molar-refractivity contribution in [3.8, 4) is 0 Å². The van der Waals surface area contributed by atoms with Crippen molar-refractivity contribution in [1.82, 2.24) is 18.8 Å². The second kappa shape index (κ2) is 5.22. The summed E-state index contributed by atoms with van der Waals surface area (Å²) >= 11 is 0. The molecular formula is C12H22N4O2S. The summed E-state index contributed by atoms with van der Waals surface area (Å²) in [5.74, 6) is 0. The number of aryl methyl sites for hydroxylation is 1. The molecule has 0 saturated carbocycles. The van der Waals surface area contributed by atoms with E-state index in [-0.39, 0.29) is 11.2 Å². The quantitative estimate of drug-likeness (QED) is 0.813. The smallest absolute Gasteiger partial charge is 0.277 e. The van der Waals surface area contributed by atoms with E-state index in [9.17, 15) is 8.42 Å². The largest absolute Gasteiger partial charge is 0.324 e. The zero-order valence-electron chi connectivity index (χ0n) is 11.9. The van der Waals surface area contributed by atoms with Gasteiger partial charge in [-0.1, -0.05) is 0 Å². The van der Waals surface area contributed by atoms with Crippen LogP contribution in [0.3, 0.4) is 0 Å². The lowest BCUT2D eigenvalue weighted by Gasteiger charge is -2.40. The molecule has 2 heterocycles. The number of aromatic nitrogens is 2. The summed E-state index contributed by atoms with van der Waals surface area (Å²) < 4.78 is 28.3. The van der Waals surface area contributed by atoms with Gasteiger partial charge >= 0.3 is 0 Å².